The quantitative estimate of drug-likeness (QED) is 0.428. The monoisotopic (exact) mass is 540 g/mol. The molecule has 5 aliphatic rings. The lowest BCUT2D eigenvalue weighted by Crippen LogP contribution is -2.32. The standard InChI is InChI=1S/C31H28N2O7/c1-2-15-4-3-5-20-25(15)29(37)32(28(20)36)21-13-18(8-10-23(21)34)40-19-9-11-24(35)22(14-19)33-30(38)26-16-6-7-17(12-16)27(26)31(33)39/h3-4,6-11,13-17,20,25-27,34-35H,2,5,12H2,1H3. The second-order valence-corrected chi connectivity index (χ2v) is 11.3. The molecule has 2 aliphatic heterocycles. The number of hydrogen-bond acceptors (Lipinski definition) is 7. The topological polar surface area (TPSA) is 124 Å². The molecule has 1 saturated carbocycles. The normalized spacial score (nSPS) is 31.9. The average molecular weight is 541 g/mol. The molecule has 2 aromatic carbocycles. The Morgan fingerprint density at radius 3 is 1.82 bits per heavy atom. The van der Waals surface area contributed by atoms with Crippen LogP contribution in [0.1, 0.15) is 26.2 Å². The van der Waals surface area contributed by atoms with Gasteiger partial charge in [0.25, 0.3) is 0 Å². The molecule has 7 unspecified atom stereocenters. The number of amides is 4. The molecule has 9 nitrogen and oxygen atoms in total. The highest BCUT2D eigenvalue weighted by molar-refractivity contribution is 6.24. The number of nitrogens with zero attached hydrogens (tertiary/aromatic N) is 2. The predicted molar refractivity (Wildman–Crippen MR) is 144 cm³/mol. The van der Waals surface area contributed by atoms with Gasteiger partial charge in [0.15, 0.2) is 0 Å². The van der Waals surface area contributed by atoms with Crippen LogP contribution in [0.4, 0.5) is 11.4 Å². The van der Waals surface area contributed by atoms with Crippen molar-refractivity contribution in [3.05, 3.63) is 60.7 Å². The van der Waals surface area contributed by atoms with Gasteiger partial charge in [0.05, 0.1) is 35.0 Å². The molecule has 4 amide bonds. The lowest BCUT2D eigenvalue weighted by Gasteiger charge is -2.24. The van der Waals surface area contributed by atoms with Gasteiger partial charge in [0.2, 0.25) is 23.6 Å². The summed E-state index contributed by atoms with van der Waals surface area (Å²) in [6, 6.07) is 8.52. The molecular formula is C31H28N2O7. The van der Waals surface area contributed by atoms with Gasteiger partial charge < -0.3 is 14.9 Å². The first-order valence-electron chi connectivity index (χ1n) is 13.7. The number of phenols is 2. The summed E-state index contributed by atoms with van der Waals surface area (Å²) < 4.78 is 5.99. The Morgan fingerprint density at radius 1 is 0.750 bits per heavy atom. The number of anilines is 2. The molecule has 0 spiro atoms. The zero-order valence-electron chi connectivity index (χ0n) is 21.8. The molecule has 2 N–H and O–H groups in total. The molecule has 40 heavy (non-hydrogen) atoms. The maximum atomic E-state index is 13.4. The van der Waals surface area contributed by atoms with E-state index in [4.69, 9.17) is 4.74 Å². The van der Waals surface area contributed by atoms with Crippen LogP contribution in [0.15, 0.2) is 60.7 Å². The summed E-state index contributed by atoms with van der Waals surface area (Å²) in [7, 11) is 0. The van der Waals surface area contributed by atoms with Gasteiger partial charge in [-0.2, -0.15) is 0 Å². The van der Waals surface area contributed by atoms with Crippen molar-refractivity contribution in [2.75, 3.05) is 9.80 Å². The van der Waals surface area contributed by atoms with E-state index in [0.717, 1.165) is 22.6 Å². The number of benzene rings is 2. The zero-order valence-corrected chi connectivity index (χ0v) is 21.8. The van der Waals surface area contributed by atoms with Crippen LogP contribution in [0, 0.1) is 41.4 Å². The molecule has 0 aromatic heterocycles. The Labute approximate surface area is 230 Å². The number of carbonyl (C=O) groups is 4. The first-order chi connectivity index (χ1) is 19.3. The van der Waals surface area contributed by atoms with Gasteiger partial charge in [0.1, 0.15) is 23.0 Å². The molecule has 2 saturated heterocycles. The summed E-state index contributed by atoms with van der Waals surface area (Å²) in [5, 5.41) is 21.2. The maximum absolute atomic E-state index is 13.4. The van der Waals surface area contributed by atoms with E-state index in [1.54, 1.807) is 0 Å². The molecule has 3 fully saturated rings. The SMILES string of the molecule is CCC1C=CCC2C(=O)N(c3cc(Oc4ccc(O)c(N5C(=O)C6C7C=CC(C7)C6C5=O)c4)ccc3O)C(=O)C12. The van der Waals surface area contributed by atoms with E-state index < -0.39 is 23.7 Å². The van der Waals surface area contributed by atoms with E-state index in [1.807, 2.05) is 31.2 Å². The number of hydrogen-bond donors (Lipinski definition) is 2. The van der Waals surface area contributed by atoms with Crippen molar-refractivity contribution in [3.63, 3.8) is 0 Å². The third-order valence-electron chi connectivity index (χ3n) is 9.26. The van der Waals surface area contributed by atoms with Gasteiger partial charge in [-0.25, -0.2) is 9.80 Å². The number of phenolic OH excluding ortho intramolecular Hbond substituents is 2. The van der Waals surface area contributed by atoms with Crippen LogP contribution in [0.25, 0.3) is 0 Å². The highest BCUT2D eigenvalue weighted by atomic mass is 16.5. The first kappa shape index (κ1) is 24.6. The van der Waals surface area contributed by atoms with E-state index in [0.29, 0.717) is 6.42 Å². The van der Waals surface area contributed by atoms with Crippen LogP contribution in [0.2, 0.25) is 0 Å². The highest BCUT2D eigenvalue weighted by Gasteiger charge is 2.60. The Hall–Kier alpha value is -4.40. The first-order valence-corrected chi connectivity index (χ1v) is 13.7. The van der Waals surface area contributed by atoms with E-state index in [-0.39, 0.29) is 75.8 Å². The van der Waals surface area contributed by atoms with Crippen molar-refractivity contribution in [2.24, 2.45) is 41.4 Å². The number of allylic oxidation sites excluding steroid dienone is 4. The summed E-state index contributed by atoms with van der Waals surface area (Å²) in [4.78, 5) is 55.3. The third kappa shape index (κ3) is 3.39. The molecular weight excluding hydrogens is 512 g/mol. The molecule has 7 atom stereocenters. The van der Waals surface area contributed by atoms with Crippen molar-refractivity contribution in [2.45, 2.75) is 26.2 Å². The fourth-order valence-electron chi connectivity index (χ4n) is 7.39. The highest BCUT2D eigenvalue weighted by Crippen LogP contribution is 2.54. The van der Waals surface area contributed by atoms with Crippen molar-refractivity contribution in [1.82, 2.24) is 0 Å². The summed E-state index contributed by atoms with van der Waals surface area (Å²) in [5.74, 6) is -3.06. The summed E-state index contributed by atoms with van der Waals surface area (Å²) in [6.45, 7) is 1.98. The van der Waals surface area contributed by atoms with Gasteiger partial charge in [-0.1, -0.05) is 31.2 Å². The second-order valence-electron chi connectivity index (χ2n) is 11.3. The van der Waals surface area contributed by atoms with Crippen molar-refractivity contribution in [1.29, 1.82) is 0 Å². The average Bonchev–Trinajstić information content (AvgIpc) is 3.69. The van der Waals surface area contributed by atoms with E-state index in [2.05, 4.69) is 0 Å². The van der Waals surface area contributed by atoms with Crippen molar-refractivity contribution in [3.8, 4) is 23.0 Å². The van der Waals surface area contributed by atoms with Crippen LogP contribution in [-0.4, -0.2) is 33.8 Å². The van der Waals surface area contributed by atoms with Crippen LogP contribution in [0.3, 0.4) is 0 Å². The Balaban J connectivity index is 1.17. The van der Waals surface area contributed by atoms with Crippen LogP contribution in [0.5, 0.6) is 23.0 Å². The van der Waals surface area contributed by atoms with Crippen LogP contribution < -0.4 is 14.5 Å². The minimum atomic E-state index is -0.466. The molecule has 2 aromatic rings. The smallest absolute Gasteiger partial charge is 0.238 e. The fraction of sp³-hybridized carbons (Fsp3) is 0.355. The lowest BCUT2D eigenvalue weighted by molar-refractivity contribution is -0.124. The van der Waals surface area contributed by atoms with Gasteiger partial charge >= 0.3 is 0 Å². The number of ether oxygens (including phenoxy) is 1. The number of carbonyl (C=O) groups excluding carboxylic acids is 4. The summed E-state index contributed by atoms with van der Waals surface area (Å²) in [5.41, 5.74) is 0.0869. The Bertz CT molecular complexity index is 1510. The fourth-order valence-corrected chi connectivity index (χ4v) is 7.39. The van der Waals surface area contributed by atoms with Crippen LogP contribution in [-0.2, 0) is 19.2 Å². The van der Waals surface area contributed by atoms with Gasteiger partial charge in [-0.05, 0) is 61.3 Å². The maximum Gasteiger partial charge on any atom is 0.238 e. The molecule has 2 bridgehead atoms. The van der Waals surface area contributed by atoms with Gasteiger partial charge in [0, 0.05) is 12.1 Å². The predicted octanol–water partition coefficient (Wildman–Crippen LogP) is 4.29. The summed E-state index contributed by atoms with van der Waals surface area (Å²) >= 11 is 0. The molecule has 204 valence electrons. The number of imide groups is 2. The van der Waals surface area contributed by atoms with Gasteiger partial charge in [-0.3, -0.25) is 19.2 Å². The van der Waals surface area contributed by atoms with Crippen molar-refractivity contribution >= 4 is 35.0 Å². The van der Waals surface area contributed by atoms with Crippen molar-refractivity contribution < 1.29 is 34.1 Å². The third-order valence-corrected chi connectivity index (χ3v) is 9.26. The van der Waals surface area contributed by atoms with Gasteiger partial charge in [-0.15, -0.1) is 0 Å². The minimum absolute atomic E-state index is 0.0384. The molecule has 9 heteroatoms. The molecule has 0 radical (unpaired) electrons. The van der Waals surface area contributed by atoms with E-state index >= 15 is 0 Å². The largest absolute Gasteiger partial charge is 0.506 e. The number of aromatic hydroxyl groups is 2. The van der Waals surface area contributed by atoms with Crippen LogP contribution >= 0.6 is 0 Å². The minimum Gasteiger partial charge on any atom is -0.506 e. The van der Waals surface area contributed by atoms with E-state index in [9.17, 15) is 29.4 Å². The number of rotatable bonds is 5. The lowest BCUT2D eigenvalue weighted by atomic mass is 9.76. The molecule has 2 heterocycles. The summed E-state index contributed by atoms with van der Waals surface area (Å²) in [6.07, 6.45) is 9.95. The molecule has 3 aliphatic carbocycles. The number of fused-ring (bicyclic) bond motifs is 6. The molecule has 7 rings (SSSR count). The Kier molecular flexibility index (Phi) is 5.42. The Morgan fingerprint density at radius 2 is 1.27 bits per heavy atom. The van der Waals surface area contributed by atoms with E-state index in [1.165, 1.54) is 36.4 Å². The second kappa shape index (κ2) is 8.81. The zero-order chi connectivity index (χ0) is 27.9.